The number of carbonyl (C=O) groups is 1. The lowest BCUT2D eigenvalue weighted by Gasteiger charge is -2.56. The molecule has 2 saturated carbocycles. The fourth-order valence-electron chi connectivity index (χ4n) is 5.99. The Morgan fingerprint density at radius 3 is 2.57 bits per heavy atom. The minimum absolute atomic E-state index is 0.289. The second kappa shape index (κ2) is 4.83. The fraction of sp³-hybridized carbons (Fsp3) is 0.750. The molecule has 0 radical (unpaired) electrons. The molecule has 0 amide bonds. The topological polar surface area (TPSA) is 17.1 Å². The summed E-state index contributed by atoms with van der Waals surface area (Å²) in [6.07, 6.45) is 9.67. The number of carbonyl (C=O) groups excluding carboxylic acids is 1. The molecule has 0 aromatic rings. The van der Waals surface area contributed by atoms with Crippen molar-refractivity contribution in [2.24, 2.45) is 28.6 Å². The highest BCUT2D eigenvalue weighted by molar-refractivity contribution is 5.93. The Bertz CT molecular complexity index is 514. The van der Waals surface area contributed by atoms with Gasteiger partial charge < -0.3 is 0 Å². The summed E-state index contributed by atoms with van der Waals surface area (Å²) in [5, 5.41) is 0. The van der Waals surface area contributed by atoms with Crippen molar-refractivity contribution in [2.45, 2.75) is 66.2 Å². The van der Waals surface area contributed by atoms with Crippen molar-refractivity contribution in [3.05, 3.63) is 23.8 Å². The molecule has 0 heterocycles. The fourth-order valence-corrected chi connectivity index (χ4v) is 5.99. The molecule has 0 spiro atoms. The Balaban J connectivity index is 1.95. The zero-order valence-electron chi connectivity index (χ0n) is 14.2. The molecule has 0 unspecified atom stereocenters. The molecule has 3 aliphatic carbocycles. The molecule has 3 aliphatic rings. The van der Waals surface area contributed by atoms with Crippen LogP contribution in [0.1, 0.15) is 66.2 Å². The third-order valence-electron chi connectivity index (χ3n) is 7.31. The van der Waals surface area contributed by atoms with Crippen LogP contribution in [0.4, 0.5) is 0 Å². The van der Waals surface area contributed by atoms with Gasteiger partial charge in [-0.2, -0.15) is 0 Å². The monoisotopic (exact) mass is 286 g/mol. The van der Waals surface area contributed by atoms with Crippen molar-refractivity contribution in [1.29, 1.82) is 0 Å². The van der Waals surface area contributed by atoms with Crippen LogP contribution < -0.4 is 0 Å². The molecule has 0 aromatic carbocycles. The minimum atomic E-state index is 0.289. The largest absolute Gasteiger partial charge is 0.295 e. The van der Waals surface area contributed by atoms with Crippen molar-refractivity contribution >= 4 is 5.78 Å². The van der Waals surface area contributed by atoms with E-state index in [1.807, 2.05) is 0 Å². The summed E-state index contributed by atoms with van der Waals surface area (Å²) in [5.74, 6) is 2.47. The maximum absolute atomic E-state index is 11.9. The standard InChI is InChI=1S/C20H30O/c1-13(2)16-7-11-20(5)17(16)8-10-19(4)9-6-15(14(3)21)12-18(19)20/h6,16-18H,1,7-12H2,2-5H3/t16-,17+,18+,19-,20+/m0/s1. The molecule has 0 bridgehead atoms. The summed E-state index contributed by atoms with van der Waals surface area (Å²) in [4.78, 5) is 11.9. The van der Waals surface area contributed by atoms with Gasteiger partial charge in [-0.05, 0) is 86.5 Å². The van der Waals surface area contributed by atoms with Crippen molar-refractivity contribution in [2.75, 3.05) is 0 Å². The summed E-state index contributed by atoms with van der Waals surface area (Å²) >= 11 is 0. The van der Waals surface area contributed by atoms with Crippen molar-refractivity contribution < 1.29 is 4.79 Å². The van der Waals surface area contributed by atoms with Crippen molar-refractivity contribution in [3.63, 3.8) is 0 Å². The van der Waals surface area contributed by atoms with Crippen LogP contribution in [0.5, 0.6) is 0 Å². The van der Waals surface area contributed by atoms with Gasteiger partial charge in [0.2, 0.25) is 0 Å². The number of hydrogen-bond donors (Lipinski definition) is 0. The molecular formula is C20H30O. The first-order chi connectivity index (χ1) is 9.78. The van der Waals surface area contributed by atoms with Crippen LogP contribution in [0.15, 0.2) is 23.8 Å². The third kappa shape index (κ3) is 2.15. The zero-order chi connectivity index (χ0) is 15.4. The van der Waals surface area contributed by atoms with E-state index in [1.54, 1.807) is 6.92 Å². The lowest BCUT2D eigenvalue weighted by atomic mass is 9.48. The maximum atomic E-state index is 11.9. The summed E-state index contributed by atoms with van der Waals surface area (Å²) < 4.78 is 0. The second-order valence-corrected chi connectivity index (χ2v) is 8.54. The molecule has 2 fully saturated rings. The summed E-state index contributed by atoms with van der Waals surface area (Å²) in [7, 11) is 0. The summed E-state index contributed by atoms with van der Waals surface area (Å²) in [5.41, 5.74) is 3.29. The van der Waals surface area contributed by atoms with Gasteiger partial charge in [-0.15, -0.1) is 0 Å². The molecule has 0 N–H and O–H groups in total. The van der Waals surface area contributed by atoms with Crippen LogP contribution in [0, 0.1) is 28.6 Å². The molecule has 21 heavy (non-hydrogen) atoms. The highest BCUT2D eigenvalue weighted by atomic mass is 16.1. The summed E-state index contributed by atoms with van der Waals surface area (Å²) in [6, 6.07) is 0. The van der Waals surface area contributed by atoms with E-state index >= 15 is 0 Å². The van der Waals surface area contributed by atoms with Gasteiger partial charge in [0.05, 0.1) is 0 Å². The quantitative estimate of drug-likeness (QED) is 0.628. The van der Waals surface area contributed by atoms with E-state index in [1.165, 1.54) is 31.3 Å². The number of fused-ring (bicyclic) bond motifs is 3. The molecule has 1 nitrogen and oxygen atoms in total. The van der Waals surface area contributed by atoms with Gasteiger partial charge in [-0.25, -0.2) is 0 Å². The lowest BCUT2D eigenvalue weighted by molar-refractivity contribution is -0.115. The smallest absolute Gasteiger partial charge is 0.155 e. The van der Waals surface area contributed by atoms with Crippen LogP contribution in [0.2, 0.25) is 0 Å². The van der Waals surface area contributed by atoms with Gasteiger partial charge >= 0.3 is 0 Å². The molecule has 1 heteroatoms. The number of hydrogen-bond acceptors (Lipinski definition) is 1. The van der Waals surface area contributed by atoms with Crippen LogP contribution in [-0.2, 0) is 4.79 Å². The predicted octanol–water partition coefficient (Wildman–Crippen LogP) is 5.32. The average Bonchev–Trinajstić information content (AvgIpc) is 2.75. The zero-order valence-corrected chi connectivity index (χ0v) is 14.2. The molecule has 3 rings (SSSR count). The Morgan fingerprint density at radius 1 is 1.24 bits per heavy atom. The first-order valence-corrected chi connectivity index (χ1v) is 8.63. The molecule has 116 valence electrons. The van der Waals surface area contributed by atoms with Gasteiger partial charge in [-0.1, -0.05) is 32.1 Å². The van der Waals surface area contributed by atoms with Crippen LogP contribution in [-0.4, -0.2) is 5.78 Å². The van der Waals surface area contributed by atoms with E-state index in [0.717, 1.165) is 24.3 Å². The van der Waals surface area contributed by atoms with Gasteiger partial charge in [0.1, 0.15) is 0 Å². The number of allylic oxidation sites excluding steroid dienone is 3. The maximum Gasteiger partial charge on any atom is 0.155 e. The average molecular weight is 286 g/mol. The SMILES string of the molecule is C=C(C)[C@@H]1CC[C@]2(C)[C@@H]1CC[C@]1(C)CC=C(C(C)=O)C[C@H]12. The highest BCUT2D eigenvalue weighted by Crippen LogP contribution is 2.66. The normalized spacial score (nSPS) is 45.5. The van der Waals surface area contributed by atoms with E-state index in [9.17, 15) is 4.79 Å². The van der Waals surface area contributed by atoms with Gasteiger partial charge in [0.15, 0.2) is 5.78 Å². The minimum Gasteiger partial charge on any atom is -0.295 e. The predicted molar refractivity (Wildman–Crippen MR) is 88.0 cm³/mol. The number of ketones is 1. The van der Waals surface area contributed by atoms with Crippen LogP contribution in [0.3, 0.4) is 0 Å². The molecule has 5 atom stereocenters. The number of rotatable bonds is 2. The van der Waals surface area contributed by atoms with Crippen LogP contribution in [0.25, 0.3) is 0 Å². The molecule has 0 aromatic heterocycles. The van der Waals surface area contributed by atoms with Crippen molar-refractivity contribution in [3.8, 4) is 0 Å². The lowest BCUT2D eigenvalue weighted by Crippen LogP contribution is -2.49. The van der Waals surface area contributed by atoms with Crippen LogP contribution >= 0.6 is 0 Å². The Kier molecular flexibility index (Phi) is 3.46. The highest BCUT2D eigenvalue weighted by Gasteiger charge is 2.58. The van der Waals surface area contributed by atoms with E-state index < -0.39 is 0 Å². The van der Waals surface area contributed by atoms with E-state index in [0.29, 0.717) is 22.7 Å². The Labute approximate surface area is 129 Å². The number of Topliss-reactive ketones (excluding diaryl/α,β-unsaturated/α-hetero) is 1. The van der Waals surface area contributed by atoms with Gasteiger partial charge in [-0.3, -0.25) is 4.79 Å². The van der Waals surface area contributed by atoms with E-state index in [-0.39, 0.29) is 5.78 Å². The Hall–Kier alpha value is -0.850. The molecular weight excluding hydrogens is 256 g/mol. The first-order valence-electron chi connectivity index (χ1n) is 8.63. The van der Waals surface area contributed by atoms with E-state index in [2.05, 4.69) is 33.4 Å². The van der Waals surface area contributed by atoms with Gasteiger partial charge in [0.25, 0.3) is 0 Å². The third-order valence-corrected chi connectivity index (χ3v) is 7.31. The molecule has 0 saturated heterocycles. The second-order valence-electron chi connectivity index (χ2n) is 8.54. The molecule has 0 aliphatic heterocycles. The first kappa shape index (κ1) is 15.1. The summed E-state index contributed by atoms with van der Waals surface area (Å²) in [6.45, 7) is 13.2. The van der Waals surface area contributed by atoms with Gasteiger partial charge in [0, 0.05) is 0 Å². The van der Waals surface area contributed by atoms with Crippen molar-refractivity contribution in [1.82, 2.24) is 0 Å². The Morgan fingerprint density at radius 2 is 1.95 bits per heavy atom. The van der Waals surface area contributed by atoms with E-state index in [4.69, 9.17) is 0 Å².